The zero-order valence-electron chi connectivity index (χ0n) is 9.24. The second-order valence-electron chi connectivity index (χ2n) is 4.08. The lowest BCUT2D eigenvalue weighted by molar-refractivity contribution is -0.131. The minimum Gasteiger partial charge on any atom is -0.370 e. The molecule has 5 N–H and O–H groups in total. The van der Waals surface area contributed by atoms with Crippen molar-refractivity contribution >= 4 is 5.91 Å². The SMILES string of the molecule is COC(CN)C(=O)NC1CCC(N)CC1. The first-order valence-corrected chi connectivity index (χ1v) is 5.46. The lowest BCUT2D eigenvalue weighted by Crippen LogP contribution is -2.47. The van der Waals surface area contributed by atoms with Crippen LogP contribution in [0.1, 0.15) is 25.7 Å². The molecule has 1 rings (SSSR count). The largest absolute Gasteiger partial charge is 0.370 e. The van der Waals surface area contributed by atoms with Crippen molar-refractivity contribution in [2.75, 3.05) is 13.7 Å². The Morgan fingerprint density at radius 3 is 2.53 bits per heavy atom. The molecule has 1 unspecified atom stereocenters. The smallest absolute Gasteiger partial charge is 0.250 e. The summed E-state index contributed by atoms with van der Waals surface area (Å²) in [4.78, 5) is 11.6. The maximum atomic E-state index is 11.6. The second kappa shape index (κ2) is 6.05. The Morgan fingerprint density at radius 1 is 1.47 bits per heavy atom. The van der Waals surface area contributed by atoms with Gasteiger partial charge in [0.15, 0.2) is 0 Å². The zero-order chi connectivity index (χ0) is 11.3. The molecule has 1 saturated carbocycles. The maximum absolute atomic E-state index is 11.6. The second-order valence-corrected chi connectivity index (χ2v) is 4.08. The Balaban J connectivity index is 2.31. The van der Waals surface area contributed by atoms with E-state index in [4.69, 9.17) is 16.2 Å². The number of methoxy groups -OCH3 is 1. The van der Waals surface area contributed by atoms with E-state index in [1.165, 1.54) is 7.11 Å². The van der Waals surface area contributed by atoms with E-state index >= 15 is 0 Å². The van der Waals surface area contributed by atoms with Crippen molar-refractivity contribution in [1.29, 1.82) is 0 Å². The molecule has 0 aromatic rings. The van der Waals surface area contributed by atoms with Gasteiger partial charge in [0.2, 0.25) is 0 Å². The number of rotatable bonds is 4. The number of carbonyl (C=O) groups is 1. The highest BCUT2D eigenvalue weighted by Crippen LogP contribution is 2.16. The summed E-state index contributed by atoms with van der Waals surface area (Å²) in [6.07, 6.45) is 3.33. The van der Waals surface area contributed by atoms with Crippen LogP contribution in [0.4, 0.5) is 0 Å². The van der Waals surface area contributed by atoms with Gasteiger partial charge in [0.05, 0.1) is 0 Å². The predicted octanol–water partition coefficient (Wildman–Crippen LogP) is -0.654. The molecule has 1 fully saturated rings. The third-order valence-corrected chi connectivity index (χ3v) is 2.91. The molecule has 0 aromatic heterocycles. The van der Waals surface area contributed by atoms with E-state index in [1.807, 2.05) is 0 Å². The van der Waals surface area contributed by atoms with Crippen LogP contribution in [0.5, 0.6) is 0 Å². The van der Waals surface area contributed by atoms with Crippen molar-refractivity contribution in [3.8, 4) is 0 Å². The normalized spacial score (nSPS) is 28.5. The van der Waals surface area contributed by atoms with Crippen LogP contribution in [0.25, 0.3) is 0 Å². The number of ether oxygens (including phenoxy) is 1. The van der Waals surface area contributed by atoms with Crippen molar-refractivity contribution in [2.24, 2.45) is 11.5 Å². The van der Waals surface area contributed by atoms with Crippen LogP contribution in [0.3, 0.4) is 0 Å². The Bertz CT molecular complexity index is 199. The summed E-state index contributed by atoms with van der Waals surface area (Å²) in [6.45, 7) is 0.217. The molecule has 0 aromatic carbocycles. The van der Waals surface area contributed by atoms with Crippen molar-refractivity contribution in [3.05, 3.63) is 0 Å². The molecule has 1 amide bonds. The number of amides is 1. The molecule has 1 aliphatic rings. The molecule has 0 spiro atoms. The van der Waals surface area contributed by atoms with E-state index in [1.54, 1.807) is 0 Å². The summed E-state index contributed by atoms with van der Waals surface area (Å²) in [5, 5.41) is 2.94. The van der Waals surface area contributed by atoms with E-state index in [9.17, 15) is 4.79 Å². The molecule has 0 radical (unpaired) electrons. The van der Waals surface area contributed by atoms with Gasteiger partial charge in [-0.15, -0.1) is 0 Å². The maximum Gasteiger partial charge on any atom is 0.250 e. The van der Waals surface area contributed by atoms with Gasteiger partial charge in [-0.2, -0.15) is 0 Å². The average Bonchev–Trinajstić information content (AvgIpc) is 2.23. The summed E-state index contributed by atoms with van der Waals surface area (Å²) >= 11 is 0. The quantitative estimate of drug-likeness (QED) is 0.581. The van der Waals surface area contributed by atoms with Gasteiger partial charge in [-0.1, -0.05) is 0 Å². The fourth-order valence-electron chi connectivity index (χ4n) is 1.87. The van der Waals surface area contributed by atoms with E-state index in [-0.39, 0.29) is 18.5 Å². The van der Waals surface area contributed by atoms with Gasteiger partial charge >= 0.3 is 0 Å². The minimum atomic E-state index is -0.527. The third kappa shape index (κ3) is 3.77. The van der Waals surface area contributed by atoms with Crippen LogP contribution in [0, 0.1) is 0 Å². The number of nitrogens with one attached hydrogen (secondary N) is 1. The molecule has 0 aliphatic heterocycles. The first-order valence-electron chi connectivity index (χ1n) is 5.46. The fourth-order valence-corrected chi connectivity index (χ4v) is 1.87. The molecule has 0 heterocycles. The van der Waals surface area contributed by atoms with Crippen molar-refractivity contribution < 1.29 is 9.53 Å². The van der Waals surface area contributed by atoms with Gasteiger partial charge in [-0.05, 0) is 25.7 Å². The van der Waals surface area contributed by atoms with E-state index in [2.05, 4.69) is 5.32 Å². The van der Waals surface area contributed by atoms with Gasteiger partial charge in [-0.25, -0.2) is 0 Å². The Labute approximate surface area is 90.5 Å². The number of carbonyl (C=O) groups excluding carboxylic acids is 1. The number of hydrogen-bond acceptors (Lipinski definition) is 4. The molecular formula is C10H21N3O2. The van der Waals surface area contributed by atoms with Crippen LogP contribution in [0.15, 0.2) is 0 Å². The lowest BCUT2D eigenvalue weighted by atomic mass is 9.92. The van der Waals surface area contributed by atoms with Crippen LogP contribution < -0.4 is 16.8 Å². The molecular weight excluding hydrogens is 194 g/mol. The highest BCUT2D eigenvalue weighted by atomic mass is 16.5. The first kappa shape index (κ1) is 12.4. The van der Waals surface area contributed by atoms with Crippen LogP contribution in [-0.4, -0.2) is 37.7 Å². The predicted molar refractivity (Wildman–Crippen MR) is 58.2 cm³/mol. The van der Waals surface area contributed by atoms with Gasteiger partial charge in [0.25, 0.3) is 5.91 Å². The summed E-state index contributed by atoms with van der Waals surface area (Å²) in [7, 11) is 1.49. The average molecular weight is 215 g/mol. The molecule has 1 atom stereocenters. The molecule has 0 saturated heterocycles. The van der Waals surface area contributed by atoms with Crippen LogP contribution in [0.2, 0.25) is 0 Å². The fraction of sp³-hybridized carbons (Fsp3) is 0.900. The van der Waals surface area contributed by atoms with Gasteiger partial charge in [-0.3, -0.25) is 4.79 Å². The van der Waals surface area contributed by atoms with E-state index in [0.717, 1.165) is 25.7 Å². The lowest BCUT2D eigenvalue weighted by Gasteiger charge is -2.27. The highest BCUT2D eigenvalue weighted by Gasteiger charge is 2.23. The number of hydrogen-bond donors (Lipinski definition) is 3. The topological polar surface area (TPSA) is 90.4 Å². The monoisotopic (exact) mass is 215 g/mol. The van der Waals surface area contributed by atoms with Crippen molar-refractivity contribution in [3.63, 3.8) is 0 Å². The molecule has 0 bridgehead atoms. The Hall–Kier alpha value is -0.650. The summed E-state index contributed by atoms with van der Waals surface area (Å²) in [5.41, 5.74) is 11.2. The van der Waals surface area contributed by atoms with E-state index < -0.39 is 6.10 Å². The molecule has 5 nitrogen and oxygen atoms in total. The minimum absolute atomic E-state index is 0.111. The molecule has 5 heteroatoms. The summed E-state index contributed by atoms with van der Waals surface area (Å²) in [6, 6.07) is 0.535. The standard InChI is InChI=1S/C10H21N3O2/c1-15-9(6-11)10(14)13-8-4-2-7(12)3-5-8/h7-9H,2-6,11-12H2,1H3,(H,13,14). The first-order chi connectivity index (χ1) is 7.17. The summed E-state index contributed by atoms with van der Waals surface area (Å²) < 4.78 is 4.96. The molecule has 15 heavy (non-hydrogen) atoms. The zero-order valence-corrected chi connectivity index (χ0v) is 9.24. The molecule has 88 valence electrons. The van der Waals surface area contributed by atoms with Crippen LogP contribution >= 0.6 is 0 Å². The Morgan fingerprint density at radius 2 is 2.07 bits per heavy atom. The van der Waals surface area contributed by atoms with Gasteiger partial charge in [0.1, 0.15) is 6.10 Å². The third-order valence-electron chi connectivity index (χ3n) is 2.91. The molecule has 1 aliphatic carbocycles. The Kier molecular flexibility index (Phi) is 5.01. The van der Waals surface area contributed by atoms with Crippen LogP contribution in [-0.2, 0) is 9.53 Å². The summed E-state index contributed by atoms with van der Waals surface area (Å²) in [5.74, 6) is -0.111. The van der Waals surface area contributed by atoms with Crippen molar-refractivity contribution in [1.82, 2.24) is 5.32 Å². The van der Waals surface area contributed by atoms with Gasteiger partial charge < -0.3 is 21.5 Å². The van der Waals surface area contributed by atoms with Gasteiger partial charge in [0, 0.05) is 25.7 Å². The highest BCUT2D eigenvalue weighted by molar-refractivity contribution is 5.81. The van der Waals surface area contributed by atoms with Crippen molar-refractivity contribution in [2.45, 2.75) is 43.9 Å². The number of nitrogens with two attached hydrogens (primary N) is 2. The van der Waals surface area contributed by atoms with E-state index in [0.29, 0.717) is 6.04 Å².